The van der Waals surface area contributed by atoms with Crippen LogP contribution in [-0.2, 0) is 0 Å². The molecule has 0 N–H and O–H groups in total. The molecule has 98 valence electrons. The normalized spacial score (nSPS) is 12.2. The van der Waals surface area contributed by atoms with E-state index in [0.717, 1.165) is 21.7 Å². The first kappa shape index (κ1) is 12.7. The minimum atomic E-state index is -0.102. The minimum Gasteiger partial charge on any atom is -0.443 e. The Morgan fingerprint density at radius 2 is 2.10 bits per heavy atom. The second-order valence-corrected chi connectivity index (χ2v) is 5.03. The fourth-order valence-electron chi connectivity index (χ4n) is 1.96. The van der Waals surface area contributed by atoms with Crippen LogP contribution in [0.4, 0.5) is 0 Å². The van der Waals surface area contributed by atoms with E-state index >= 15 is 0 Å². The molecule has 2 aliphatic carbocycles. The molecule has 1 unspecified atom stereocenters. The van der Waals surface area contributed by atoms with E-state index in [-0.39, 0.29) is 5.92 Å². The van der Waals surface area contributed by atoms with Crippen molar-refractivity contribution >= 4 is 22.7 Å². The van der Waals surface area contributed by atoms with Gasteiger partial charge in [-0.05, 0) is 35.9 Å². The molecule has 4 rings (SSSR count). The first-order valence-corrected chi connectivity index (χ1v) is 6.59. The molecule has 3 nitrogen and oxygen atoms in total. The number of nitriles is 1. The first-order valence-electron chi connectivity index (χ1n) is 6.21. The van der Waals surface area contributed by atoms with Crippen LogP contribution in [0.25, 0.3) is 11.1 Å². The van der Waals surface area contributed by atoms with Gasteiger partial charge in [0.05, 0.1) is 12.0 Å². The van der Waals surface area contributed by atoms with Crippen molar-refractivity contribution in [2.24, 2.45) is 0 Å². The predicted octanol–water partition coefficient (Wildman–Crippen LogP) is 4.40. The molecule has 20 heavy (non-hydrogen) atoms. The van der Waals surface area contributed by atoms with E-state index in [2.05, 4.69) is 17.1 Å². The van der Waals surface area contributed by atoms with Gasteiger partial charge in [0.15, 0.2) is 12.0 Å². The molecule has 2 aromatic rings. The topological polar surface area (TPSA) is 49.8 Å². The third-order valence-electron chi connectivity index (χ3n) is 3.33. The zero-order valence-electron chi connectivity index (χ0n) is 10.8. The molecule has 2 aliphatic rings. The molecule has 0 bridgehead atoms. The van der Waals surface area contributed by atoms with Crippen LogP contribution in [0.2, 0.25) is 5.02 Å². The Morgan fingerprint density at radius 1 is 1.25 bits per heavy atom. The second kappa shape index (κ2) is 4.99. The van der Waals surface area contributed by atoms with Gasteiger partial charge in [-0.2, -0.15) is 5.26 Å². The second-order valence-electron chi connectivity index (χ2n) is 4.62. The Kier molecular flexibility index (Phi) is 3.17. The summed E-state index contributed by atoms with van der Waals surface area (Å²) in [6.07, 6.45) is 1.41. The number of hydrogen-bond donors (Lipinski definition) is 0. The van der Waals surface area contributed by atoms with Gasteiger partial charge in [-0.1, -0.05) is 29.8 Å². The van der Waals surface area contributed by atoms with Crippen molar-refractivity contribution in [2.45, 2.75) is 12.8 Å². The summed E-state index contributed by atoms with van der Waals surface area (Å²) in [5.74, 6) is -0.102. The summed E-state index contributed by atoms with van der Waals surface area (Å²) < 4.78 is 5.13. The van der Waals surface area contributed by atoms with E-state index in [1.165, 1.54) is 16.8 Å². The number of rotatable bonds is 1. The number of nitrogens with zero attached hydrogens (tertiary/aromatic N) is 2. The lowest BCUT2D eigenvalue weighted by molar-refractivity contribution is 0.601. The average molecular weight is 283 g/mol. The fraction of sp³-hybridized carbons (Fsp3) is 0.125. The lowest BCUT2D eigenvalue weighted by Gasteiger charge is -2.01. The number of benzene rings is 2. The highest BCUT2D eigenvalue weighted by Crippen LogP contribution is 2.20. The smallest absolute Gasteiger partial charge is 0.181 e. The van der Waals surface area contributed by atoms with E-state index in [4.69, 9.17) is 21.3 Å². The lowest BCUT2D eigenvalue weighted by atomic mass is 10.0. The van der Waals surface area contributed by atoms with Crippen LogP contribution in [0.1, 0.15) is 18.4 Å². The van der Waals surface area contributed by atoms with Gasteiger partial charge in [-0.3, -0.25) is 0 Å². The van der Waals surface area contributed by atoms with E-state index in [1.54, 1.807) is 0 Å². The molecule has 4 heteroatoms. The van der Waals surface area contributed by atoms with Gasteiger partial charge in [0.2, 0.25) is 0 Å². The molecule has 0 amide bonds. The van der Waals surface area contributed by atoms with E-state index in [0.29, 0.717) is 0 Å². The zero-order valence-corrected chi connectivity index (χ0v) is 11.6. The van der Waals surface area contributed by atoms with E-state index < -0.39 is 0 Å². The van der Waals surface area contributed by atoms with Crippen molar-refractivity contribution in [3.8, 4) is 6.07 Å². The molecule has 0 saturated carbocycles. The van der Waals surface area contributed by atoms with Crippen LogP contribution in [0.5, 0.6) is 0 Å². The Bertz CT molecular complexity index is 908. The summed E-state index contributed by atoms with van der Waals surface area (Å²) in [7, 11) is 0. The largest absolute Gasteiger partial charge is 0.443 e. The molecule has 0 aliphatic heterocycles. The number of halogens is 1. The van der Waals surface area contributed by atoms with E-state index in [9.17, 15) is 0 Å². The maximum absolute atomic E-state index is 8.71. The standard InChI is InChI=1S/C10H8N2O.C6H3Cl/c1-7(5-11)8-2-3-9-10(4-8)13-6-12-9;7-6-3-4-1-2-5(4)6/h2-4,6-7H,1H3;1-3H. The van der Waals surface area contributed by atoms with Gasteiger partial charge >= 0.3 is 0 Å². The van der Waals surface area contributed by atoms with Crippen LogP contribution in [-0.4, -0.2) is 4.98 Å². The molecular formula is C16H11ClN2O. The van der Waals surface area contributed by atoms with Crippen LogP contribution in [0, 0.1) is 21.8 Å². The van der Waals surface area contributed by atoms with Crippen molar-refractivity contribution in [2.75, 3.05) is 0 Å². The molecule has 0 saturated heterocycles. The molecule has 0 fully saturated rings. The van der Waals surface area contributed by atoms with Crippen LogP contribution in [0.15, 0.2) is 47.2 Å². The zero-order chi connectivity index (χ0) is 14.1. The lowest BCUT2D eigenvalue weighted by Crippen LogP contribution is -1.87. The van der Waals surface area contributed by atoms with Gasteiger partial charge in [-0.25, -0.2) is 4.98 Å². The SMILES string of the molecule is CC(C#N)c1ccc2ncoc2c1.Clc1cc2ccc1=2. The predicted molar refractivity (Wildman–Crippen MR) is 77.2 cm³/mol. The Balaban J connectivity index is 0.000000144. The first-order chi connectivity index (χ1) is 9.69. The Hall–Kier alpha value is -2.31. The van der Waals surface area contributed by atoms with Crippen molar-refractivity contribution in [1.82, 2.24) is 4.98 Å². The average Bonchev–Trinajstić information content (AvgIpc) is 2.91. The highest BCUT2D eigenvalue weighted by atomic mass is 35.5. The maximum Gasteiger partial charge on any atom is 0.181 e. The van der Waals surface area contributed by atoms with Crippen LogP contribution >= 0.6 is 11.6 Å². The highest BCUT2D eigenvalue weighted by Gasteiger charge is 2.06. The van der Waals surface area contributed by atoms with Gasteiger partial charge in [0.25, 0.3) is 0 Å². The van der Waals surface area contributed by atoms with Crippen LogP contribution in [0.3, 0.4) is 0 Å². The molecule has 0 radical (unpaired) electrons. The van der Waals surface area contributed by atoms with E-state index in [1.807, 2.05) is 37.3 Å². The van der Waals surface area contributed by atoms with Gasteiger partial charge in [0, 0.05) is 10.2 Å². The summed E-state index contributed by atoms with van der Waals surface area (Å²) in [4.78, 5) is 4.00. The highest BCUT2D eigenvalue weighted by molar-refractivity contribution is 6.31. The van der Waals surface area contributed by atoms with Gasteiger partial charge in [-0.15, -0.1) is 0 Å². The number of oxazole rings is 1. The fourth-order valence-corrected chi connectivity index (χ4v) is 2.25. The summed E-state index contributed by atoms with van der Waals surface area (Å²) in [5.41, 5.74) is 2.53. The summed E-state index contributed by atoms with van der Waals surface area (Å²) in [6.45, 7) is 1.86. The number of hydrogen-bond acceptors (Lipinski definition) is 3. The van der Waals surface area contributed by atoms with Crippen molar-refractivity contribution < 1.29 is 4.42 Å². The van der Waals surface area contributed by atoms with Gasteiger partial charge < -0.3 is 4.42 Å². The summed E-state index contributed by atoms with van der Waals surface area (Å²) >= 11 is 5.60. The molecule has 1 heterocycles. The third kappa shape index (κ3) is 2.15. The quantitative estimate of drug-likeness (QED) is 0.520. The summed E-state index contributed by atoms with van der Waals surface area (Å²) in [6, 6.07) is 13.8. The Labute approximate surface area is 120 Å². The van der Waals surface area contributed by atoms with Crippen LogP contribution < -0.4 is 0 Å². The summed E-state index contributed by atoms with van der Waals surface area (Å²) in [5, 5.41) is 12.2. The number of fused-ring (bicyclic) bond motifs is 1. The maximum atomic E-state index is 8.71. The molecule has 1 atom stereocenters. The molecule has 1 aromatic heterocycles. The minimum absolute atomic E-state index is 0.102. The van der Waals surface area contributed by atoms with Crippen molar-refractivity contribution in [3.63, 3.8) is 0 Å². The number of aromatic nitrogens is 1. The molecular weight excluding hydrogens is 272 g/mol. The molecule has 1 aromatic carbocycles. The Morgan fingerprint density at radius 3 is 2.60 bits per heavy atom. The third-order valence-corrected chi connectivity index (χ3v) is 3.64. The van der Waals surface area contributed by atoms with Gasteiger partial charge in [0.1, 0.15) is 5.52 Å². The molecule has 0 spiro atoms. The monoisotopic (exact) mass is 282 g/mol. The van der Waals surface area contributed by atoms with Crippen molar-refractivity contribution in [3.05, 3.63) is 63.8 Å². The van der Waals surface area contributed by atoms with Crippen molar-refractivity contribution in [1.29, 1.82) is 5.26 Å².